The molecule has 0 amide bonds. The summed E-state index contributed by atoms with van der Waals surface area (Å²) in [5.41, 5.74) is 3.22. The molecule has 0 aliphatic heterocycles. The van der Waals surface area contributed by atoms with Crippen LogP contribution in [0.15, 0.2) is 54.5 Å². The first-order valence-corrected chi connectivity index (χ1v) is 6.41. The summed E-state index contributed by atoms with van der Waals surface area (Å²) in [4.78, 5) is 11.2. The molecular weight excluding hydrogens is 252 g/mol. The van der Waals surface area contributed by atoms with Gasteiger partial charge in [0.2, 0.25) is 0 Å². The molecular formula is C17H20O3. The van der Waals surface area contributed by atoms with Gasteiger partial charge in [0, 0.05) is 6.92 Å². The molecule has 0 saturated carbocycles. The topological polar surface area (TPSA) is 35.5 Å². The van der Waals surface area contributed by atoms with Crippen LogP contribution in [0.1, 0.15) is 26.3 Å². The number of hydrogen-bond acceptors (Lipinski definition) is 3. The van der Waals surface area contributed by atoms with Crippen molar-refractivity contribution in [1.82, 2.24) is 0 Å². The molecule has 3 nitrogen and oxygen atoms in total. The zero-order chi connectivity index (χ0) is 15.0. The van der Waals surface area contributed by atoms with Gasteiger partial charge in [0.1, 0.15) is 5.60 Å². The molecule has 106 valence electrons. The average molecular weight is 272 g/mol. The van der Waals surface area contributed by atoms with Crippen LogP contribution in [-0.4, -0.2) is 18.2 Å². The van der Waals surface area contributed by atoms with E-state index in [9.17, 15) is 4.79 Å². The van der Waals surface area contributed by atoms with E-state index in [4.69, 9.17) is 9.47 Å². The standard InChI is InChI=1S/C17H20O3/c1-5-13-19-17(3,4)16(20-14(2)18)12-11-15-9-7-6-8-10-15/h5-11H,1,13H2,2-4H3. The quantitative estimate of drug-likeness (QED) is 0.342. The number of ether oxygens (including phenoxy) is 2. The van der Waals surface area contributed by atoms with Crippen molar-refractivity contribution in [2.75, 3.05) is 6.61 Å². The second-order valence-corrected chi connectivity index (χ2v) is 4.73. The van der Waals surface area contributed by atoms with E-state index >= 15 is 0 Å². The normalized spacial score (nSPS) is 10.3. The Hall–Kier alpha value is -2.09. The van der Waals surface area contributed by atoms with E-state index in [2.05, 4.69) is 12.3 Å². The highest BCUT2D eigenvalue weighted by Crippen LogP contribution is 2.21. The lowest BCUT2D eigenvalue weighted by molar-refractivity contribution is -0.141. The minimum absolute atomic E-state index is 0.343. The molecule has 3 heteroatoms. The Morgan fingerprint density at radius 3 is 2.55 bits per heavy atom. The third-order valence-electron chi connectivity index (χ3n) is 2.52. The molecule has 0 unspecified atom stereocenters. The predicted octanol–water partition coefficient (Wildman–Crippen LogP) is 3.73. The molecule has 0 radical (unpaired) electrons. The maximum atomic E-state index is 11.2. The Labute approximate surface area is 120 Å². The molecule has 0 N–H and O–H groups in total. The van der Waals surface area contributed by atoms with E-state index in [1.165, 1.54) is 6.92 Å². The molecule has 1 aromatic carbocycles. The Balaban J connectivity index is 3.08. The van der Waals surface area contributed by atoms with Crippen molar-refractivity contribution in [3.05, 3.63) is 60.0 Å². The van der Waals surface area contributed by atoms with Gasteiger partial charge in [0.05, 0.1) is 6.61 Å². The molecule has 20 heavy (non-hydrogen) atoms. The molecule has 0 fully saturated rings. The highest BCUT2D eigenvalue weighted by Gasteiger charge is 2.26. The fourth-order valence-corrected chi connectivity index (χ4v) is 1.50. The third-order valence-corrected chi connectivity index (χ3v) is 2.52. The number of rotatable bonds is 6. The van der Waals surface area contributed by atoms with Gasteiger partial charge in [-0.25, -0.2) is 0 Å². The maximum absolute atomic E-state index is 11.2. The summed E-state index contributed by atoms with van der Waals surface area (Å²) in [7, 11) is 0. The van der Waals surface area contributed by atoms with Crippen molar-refractivity contribution in [2.24, 2.45) is 0 Å². The van der Waals surface area contributed by atoms with Crippen LogP contribution in [-0.2, 0) is 14.3 Å². The van der Waals surface area contributed by atoms with Crippen LogP contribution >= 0.6 is 0 Å². The lowest BCUT2D eigenvalue weighted by Crippen LogP contribution is -2.29. The van der Waals surface area contributed by atoms with Gasteiger partial charge in [0.25, 0.3) is 0 Å². The molecule has 0 aliphatic carbocycles. The van der Waals surface area contributed by atoms with Crippen LogP contribution in [0.4, 0.5) is 0 Å². The summed E-state index contributed by atoms with van der Waals surface area (Å²) in [6.07, 6.45) is 3.41. The number of esters is 1. The molecule has 0 aromatic heterocycles. The first-order valence-electron chi connectivity index (χ1n) is 6.41. The second-order valence-electron chi connectivity index (χ2n) is 4.73. The molecule has 0 bridgehead atoms. The van der Waals surface area contributed by atoms with Crippen LogP contribution in [0.25, 0.3) is 6.08 Å². The Kier molecular flexibility index (Phi) is 5.98. The van der Waals surface area contributed by atoms with Crippen LogP contribution in [0.2, 0.25) is 0 Å². The first kappa shape index (κ1) is 16.0. The third kappa shape index (κ3) is 5.27. The second kappa shape index (κ2) is 7.49. The monoisotopic (exact) mass is 272 g/mol. The van der Waals surface area contributed by atoms with Crippen LogP contribution in [0.3, 0.4) is 0 Å². The fourth-order valence-electron chi connectivity index (χ4n) is 1.50. The van der Waals surface area contributed by atoms with Gasteiger partial charge in [0.15, 0.2) is 5.76 Å². The average Bonchev–Trinajstić information content (AvgIpc) is 2.42. The summed E-state index contributed by atoms with van der Waals surface area (Å²) >= 11 is 0. The van der Waals surface area contributed by atoms with Crippen LogP contribution in [0.5, 0.6) is 0 Å². The molecule has 0 aliphatic rings. The van der Waals surface area contributed by atoms with Gasteiger partial charge in [-0.2, -0.15) is 0 Å². The zero-order valence-electron chi connectivity index (χ0n) is 12.2. The van der Waals surface area contributed by atoms with Gasteiger partial charge in [-0.3, -0.25) is 4.79 Å². The van der Waals surface area contributed by atoms with E-state index < -0.39 is 11.6 Å². The summed E-state index contributed by atoms with van der Waals surface area (Å²) in [5.74, 6) is -0.0556. The SMILES string of the molecule is C=CCOC(C)(C)C(=C=Cc1ccccc1)OC(C)=O. The van der Waals surface area contributed by atoms with Gasteiger partial charge in [-0.15, -0.1) is 6.58 Å². The van der Waals surface area contributed by atoms with Crippen LogP contribution < -0.4 is 0 Å². The van der Waals surface area contributed by atoms with Gasteiger partial charge in [-0.1, -0.05) is 42.1 Å². The summed E-state index contributed by atoms with van der Waals surface area (Å²) < 4.78 is 10.8. The van der Waals surface area contributed by atoms with Crippen molar-refractivity contribution in [3.63, 3.8) is 0 Å². The van der Waals surface area contributed by atoms with E-state index in [1.807, 2.05) is 44.2 Å². The van der Waals surface area contributed by atoms with Gasteiger partial charge < -0.3 is 9.47 Å². The fraction of sp³-hybridized carbons (Fsp3) is 0.294. The summed E-state index contributed by atoms with van der Waals surface area (Å²) in [6, 6.07) is 9.67. The minimum Gasteiger partial charge on any atom is -0.420 e. The van der Waals surface area contributed by atoms with Gasteiger partial charge >= 0.3 is 5.97 Å². The molecule has 1 aromatic rings. The van der Waals surface area contributed by atoms with E-state index in [-0.39, 0.29) is 0 Å². The molecule has 0 spiro atoms. The van der Waals surface area contributed by atoms with Crippen molar-refractivity contribution in [3.8, 4) is 0 Å². The summed E-state index contributed by atoms with van der Waals surface area (Å²) in [6.45, 7) is 8.97. The van der Waals surface area contributed by atoms with Crippen molar-refractivity contribution >= 4 is 12.0 Å². The lowest BCUT2D eigenvalue weighted by atomic mass is 10.1. The largest absolute Gasteiger partial charge is 0.420 e. The Morgan fingerprint density at radius 1 is 1.35 bits per heavy atom. The minimum atomic E-state index is -0.759. The highest BCUT2D eigenvalue weighted by atomic mass is 16.6. The first-order chi connectivity index (χ1) is 9.45. The van der Waals surface area contributed by atoms with Crippen molar-refractivity contribution < 1.29 is 14.3 Å². The number of hydrogen-bond donors (Lipinski definition) is 0. The predicted molar refractivity (Wildman–Crippen MR) is 79.9 cm³/mol. The zero-order valence-corrected chi connectivity index (χ0v) is 12.2. The highest BCUT2D eigenvalue weighted by molar-refractivity contribution is 5.67. The molecule has 1 rings (SSSR count). The smallest absolute Gasteiger partial charge is 0.308 e. The molecule has 0 heterocycles. The molecule has 0 saturated heterocycles. The van der Waals surface area contributed by atoms with Crippen LogP contribution in [0, 0.1) is 0 Å². The maximum Gasteiger partial charge on any atom is 0.308 e. The summed E-state index contributed by atoms with van der Waals surface area (Å²) in [5, 5.41) is 0. The number of carbonyl (C=O) groups excluding carboxylic acids is 1. The Bertz CT molecular complexity index is 520. The Morgan fingerprint density at radius 2 is 2.00 bits per heavy atom. The van der Waals surface area contributed by atoms with E-state index in [1.54, 1.807) is 12.2 Å². The van der Waals surface area contributed by atoms with Crippen molar-refractivity contribution in [2.45, 2.75) is 26.4 Å². The number of carbonyl (C=O) groups is 1. The number of benzene rings is 1. The molecule has 0 atom stereocenters. The van der Waals surface area contributed by atoms with Crippen molar-refractivity contribution in [1.29, 1.82) is 0 Å². The van der Waals surface area contributed by atoms with E-state index in [0.29, 0.717) is 12.4 Å². The van der Waals surface area contributed by atoms with Gasteiger partial charge in [-0.05, 0) is 25.5 Å². The van der Waals surface area contributed by atoms with E-state index in [0.717, 1.165) is 5.56 Å². The lowest BCUT2D eigenvalue weighted by Gasteiger charge is -2.25.